The van der Waals surface area contributed by atoms with Gasteiger partial charge in [-0.05, 0) is 17.7 Å². The van der Waals surface area contributed by atoms with Gasteiger partial charge in [0.05, 0.1) is 5.52 Å². The number of nitrogens with zero attached hydrogens (tertiary/aromatic N) is 4. The summed E-state index contributed by atoms with van der Waals surface area (Å²) in [4.78, 5) is 15.7. The first-order chi connectivity index (χ1) is 15.2. The number of halogens is 1. The number of hydrogen-bond acceptors (Lipinski definition) is 7. The van der Waals surface area contributed by atoms with E-state index in [4.69, 9.17) is 11.6 Å². The van der Waals surface area contributed by atoms with Crippen molar-refractivity contribution in [1.29, 1.82) is 0 Å². The van der Waals surface area contributed by atoms with Crippen LogP contribution in [0.25, 0.3) is 16.0 Å². The van der Waals surface area contributed by atoms with Crippen LogP contribution in [0.4, 0.5) is 5.69 Å². The Hall–Kier alpha value is -2.39. The second kappa shape index (κ2) is 9.00. The highest BCUT2D eigenvalue weighted by Crippen LogP contribution is 2.40. The Bertz CT molecular complexity index is 1250. The van der Waals surface area contributed by atoms with E-state index < -0.39 is 0 Å². The molecule has 2 aromatic heterocycles. The molecular weight excluding hydrogens is 450 g/mol. The van der Waals surface area contributed by atoms with Gasteiger partial charge in [0, 0.05) is 31.6 Å². The van der Waals surface area contributed by atoms with Crippen molar-refractivity contribution in [3.63, 3.8) is 0 Å². The van der Waals surface area contributed by atoms with Crippen molar-refractivity contribution < 1.29 is 0 Å². The molecule has 1 fully saturated rings. The second-order valence-corrected chi connectivity index (χ2v) is 10.2. The summed E-state index contributed by atoms with van der Waals surface area (Å²) in [7, 11) is 0. The molecule has 9 heteroatoms. The average Bonchev–Trinajstić information content (AvgIpc) is 3.27. The lowest BCUT2D eigenvalue weighted by Crippen LogP contribution is -2.45. The lowest BCUT2D eigenvalue weighted by molar-refractivity contribution is 0.587. The molecule has 31 heavy (non-hydrogen) atoms. The van der Waals surface area contributed by atoms with E-state index in [0.717, 1.165) is 47.0 Å². The lowest BCUT2D eigenvalue weighted by atomic mass is 10.2. The fourth-order valence-corrected chi connectivity index (χ4v) is 6.08. The van der Waals surface area contributed by atoms with Gasteiger partial charge in [-0.25, -0.2) is 4.57 Å². The van der Waals surface area contributed by atoms with E-state index in [1.807, 2.05) is 60.7 Å². The third-order valence-corrected chi connectivity index (χ3v) is 7.73. The molecule has 1 atom stereocenters. The summed E-state index contributed by atoms with van der Waals surface area (Å²) in [5, 5.41) is 13.6. The van der Waals surface area contributed by atoms with E-state index in [1.54, 1.807) is 4.57 Å². The van der Waals surface area contributed by atoms with Gasteiger partial charge in [-0.15, -0.1) is 21.8 Å². The number of para-hydroxylation sites is 1. The Kier molecular flexibility index (Phi) is 5.95. The Morgan fingerprint density at radius 1 is 1.03 bits per heavy atom. The molecule has 0 saturated carbocycles. The van der Waals surface area contributed by atoms with Gasteiger partial charge in [0.2, 0.25) is 5.13 Å². The maximum absolute atomic E-state index is 13.5. The topological polar surface area (TPSA) is 63.1 Å². The highest BCUT2D eigenvalue weighted by Gasteiger charge is 2.21. The Morgan fingerprint density at radius 2 is 1.77 bits per heavy atom. The molecule has 1 aliphatic rings. The summed E-state index contributed by atoms with van der Waals surface area (Å²) in [6, 6.07) is 19.7. The fraction of sp³-hybridized carbons (Fsp3) is 0.227. The van der Waals surface area contributed by atoms with Crippen LogP contribution in [0.3, 0.4) is 0 Å². The molecule has 1 N–H and O–H groups in total. The maximum atomic E-state index is 13.5. The number of rotatable bonds is 5. The molecular formula is C22H20ClN5OS2. The minimum absolute atomic E-state index is 0.0706. The van der Waals surface area contributed by atoms with E-state index in [0.29, 0.717) is 10.8 Å². The molecule has 1 aliphatic heterocycles. The van der Waals surface area contributed by atoms with E-state index in [2.05, 4.69) is 20.4 Å². The van der Waals surface area contributed by atoms with Crippen LogP contribution in [0.5, 0.6) is 0 Å². The number of pyridine rings is 1. The largest absolute Gasteiger partial charge is 0.365 e. The molecule has 1 unspecified atom stereocenters. The van der Waals surface area contributed by atoms with E-state index in [-0.39, 0.29) is 10.3 Å². The molecule has 5 rings (SSSR count). The standard InChI is InChI=1S/C22H20ClN5OS2/c23-19(15-6-2-1-3-7-15)30-22-26-25-21(31-22)28-17-9-5-4-8-16(17)14-18(20(28)29)27-12-10-24-11-13-27/h1-9,14,19,24H,10-13H2. The first kappa shape index (κ1) is 20.5. The fourth-order valence-electron chi connectivity index (χ4n) is 3.67. The summed E-state index contributed by atoms with van der Waals surface area (Å²) in [6.07, 6.45) is 0. The summed E-state index contributed by atoms with van der Waals surface area (Å²) in [5.74, 6) is 0. The minimum atomic E-state index is -0.275. The molecule has 0 spiro atoms. The smallest absolute Gasteiger partial charge is 0.281 e. The van der Waals surface area contributed by atoms with Crippen molar-refractivity contribution in [2.24, 2.45) is 0 Å². The van der Waals surface area contributed by atoms with Crippen molar-refractivity contribution in [2.75, 3.05) is 31.1 Å². The van der Waals surface area contributed by atoms with Crippen LogP contribution >= 0.6 is 34.7 Å². The monoisotopic (exact) mass is 469 g/mol. The number of alkyl halides is 1. The van der Waals surface area contributed by atoms with Crippen LogP contribution in [0.1, 0.15) is 10.3 Å². The van der Waals surface area contributed by atoms with E-state index in [1.165, 1.54) is 23.1 Å². The Balaban J connectivity index is 1.54. The normalized spacial score (nSPS) is 15.3. The van der Waals surface area contributed by atoms with Crippen molar-refractivity contribution in [3.05, 3.63) is 76.6 Å². The van der Waals surface area contributed by atoms with Crippen molar-refractivity contribution in [2.45, 2.75) is 9.05 Å². The zero-order chi connectivity index (χ0) is 21.2. The average molecular weight is 470 g/mol. The van der Waals surface area contributed by atoms with Gasteiger partial charge < -0.3 is 10.2 Å². The van der Waals surface area contributed by atoms with Crippen LogP contribution in [0.15, 0.2) is 69.8 Å². The second-order valence-electron chi connectivity index (χ2n) is 7.16. The zero-order valence-corrected chi connectivity index (χ0v) is 19.0. The van der Waals surface area contributed by atoms with Crippen LogP contribution in [-0.2, 0) is 0 Å². The summed E-state index contributed by atoms with van der Waals surface area (Å²) >= 11 is 9.38. The predicted molar refractivity (Wildman–Crippen MR) is 129 cm³/mol. The van der Waals surface area contributed by atoms with E-state index >= 15 is 0 Å². The van der Waals surface area contributed by atoms with Crippen LogP contribution in [-0.4, -0.2) is 40.9 Å². The molecule has 1 saturated heterocycles. The number of aromatic nitrogens is 3. The number of benzene rings is 2. The maximum Gasteiger partial charge on any atom is 0.281 e. The van der Waals surface area contributed by atoms with Crippen molar-refractivity contribution in [1.82, 2.24) is 20.1 Å². The van der Waals surface area contributed by atoms with Crippen LogP contribution in [0.2, 0.25) is 0 Å². The van der Waals surface area contributed by atoms with Crippen molar-refractivity contribution >= 4 is 51.3 Å². The van der Waals surface area contributed by atoms with E-state index in [9.17, 15) is 4.79 Å². The number of fused-ring (bicyclic) bond motifs is 1. The van der Waals surface area contributed by atoms with Gasteiger partial charge in [0.25, 0.3) is 5.56 Å². The molecule has 0 radical (unpaired) electrons. The summed E-state index contributed by atoms with van der Waals surface area (Å²) < 4.78 is 2.13. The van der Waals surface area contributed by atoms with Gasteiger partial charge in [-0.1, -0.05) is 71.6 Å². The molecule has 158 valence electrons. The predicted octanol–water partition coefficient (Wildman–Crippen LogP) is 4.28. The molecule has 3 heterocycles. The Labute approximate surface area is 192 Å². The molecule has 2 aromatic carbocycles. The van der Waals surface area contributed by atoms with Gasteiger partial charge in [-0.3, -0.25) is 4.79 Å². The zero-order valence-electron chi connectivity index (χ0n) is 16.6. The number of thioether (sulfide) groups is 1. The molecule has 0 aliphatic carbocycles. The van der Waals surface area contributed by atoms with Gasteiger partial charge >= 0.3 is 0 Å². The van der Waals surface area contributed by atoms with Gasteiger partial charge in [0.15, 0.2) is 4.34 Å². The molecule has 6 nitrogen and oxygen atoms in total. The minimum Gasteiger partial charge on any atom is -0.365 e. The van der Waals surface area contributed by atoms with Crippen molar-refractivity contribution in [3.8, 4) is 5.13 Å². The lowest BCUT2D eigenvalue weighted by Gasteiger charge is -2.29. The first-order valence-corrected chi connectivity index (χ1v) is 12.1. The third kappa shape index (κ3) is 4.21. The molecule has 0 bridgehead atoms. The molecule has 0 amide bonds. The highest BCUT2D eigenvalue weighted by atomic mass is 35.5. The first-order valence-electron chi connectivity index (χ1n) is 10.0. The quantitative estimate of drug-likeness (QED) is 0.347. The number of nitrogens with one attached hydrogen (secondary N) is 1. The number of piperazine rings is 1. The van der Waals surface area contributed by atoms with Gasteiger partial charge in [0.1, 0.15) is 10.4 Å². The molecule has 4 aromatic rings. The Morgan fingerprint density at radius 3 is 2.58 bits per heavy atom. The third-order valence-electron chi connectivity index (χ3n) is 5.20. The SMILES string of the molecule is O=c1c(N2CCNCC2)cc2ccccc2n1-c1nnc(SC(Cl)c2ccccc2)s1. The summed E-state index contributed by atoms with van der Waals surface area (Å²) in [5.41, 5.74) is 2.46. The highest BCUT2D eigenvalue weighted by molar-refractivity contribution is 8.02. The summed E-state index contributed by atoms with van der Waals surface area (Å²) in [6.45, 7) is 3.33. The van der Waals surface area contributed by atoms with Gasteiger partial charge in [-0.2, -0.15) is 0 Å². The number of anilines is 1. The van der Waals surface area contributed by atoms with Crippen LogP contribution < -0.4 is 15.8 Å². The number of hydrogen-bond donors (Lipinski definition) is 1. The van der Waals surface area contributed by atoms with Crippen LogP contribution in [0, 0.1) is 0 Å².